The first-order valence-electron chi connectivity index (χ1n) is 10.8. The zero-order valence-electron chi connectivity index (χ0n) is 17.8. The fourth-order valence-corrected chi connectivity index (χ4v) is 5.17. The number of benzene rings is 1. The summed E-state index contributed by atoms with van der Waals surface area (Å²) in [5, 5.41) is 15.2. The predicted octanol–water partition coefficient (Wildman–Crippen LogP) is 0.788. The summed E-state index contributed by atoms with van der Waals surface area (Å²) in [4.78, 5) is 35.5. The Kier molecular flexibility index (Phi) is 5.68. The summed E-state index contributed by atoms with van der Waals surface area (Å²) >= 11 is 1.53. The lowest BCUT2D eigenvalue weighted by Crippen LogP contribution is -2.64. The van der Waals surface area contributed by atoms with Gasteiger partial charge in [0.15, 0.2) is 18.2 Å². The van der Waals surface area contributed by atoms with Crippen LogP contribution in [0.15, 0.2) is 40.5 Å². The molecule has 0 saturated carbocycles. The SMILES string of the molecule is CN1C(=O)NC(=O)C2C1N=C(N1CCCCC1)N2CCSc1nnnn1-c1ccccc1. The van der Waals surface area contributed by atoms with Crippen LogP contribution in [-0.4, -0.2) is 97.4 Å². The molecule has 32 heavy (non-hydrogen) atoms. The molecule has 2 aromatic rings. The van der Waals surface area contributed by atoms with E-state index in [1.807, 2.05) is 35.2 Å². The van der Waals surface area contributed by atoms with Gasteiger partial charge in [-0.15, -0.1) is 5.10 Å². The number of aliphatic imine (C=N–C) groups is 1. The third-order valence-electron chi connectivity index (χ3n) is 5.98. The third-order valence-corrected chi connectivity index (χ3v) is 6.88. The summed E-state index contributed by atoms with van der Waals surface area (Å²) in [6, 6.07) is 8.80. The number of amides is 3. The van der Waals surface area contributed by atoms with E-state index in [2.05, 4.69) is 25.7 Å². The molecule has 11 nitrogen and oxygen atoms in total. The number of thioether (sulfide) groups is 1. The molecule has 2 fully saturated rings. The average Bonchev–Trinajstić information content (AvgIpc) is 3.44. The van der Waals surface area contributed by atoms with Crippen LogP contribution in [0.2, 0.25) is 0 Å². The maximum Gasteiger partial charge on any atom is 0.325 e. The van der Waals surface area contributed by atoms with Crippen molar-refractivity contribution in [2.75, 3.05) is 32.4 Å². The van der Waals surface area contributed by atoms with Crippen LogP contribution in [0.4, 0.5) is 4.79 Å². The number of piperidine rings is 1. The Morgan fingerprint density at radius 3 is 2.69 bits per heavy atom. The number of tetrazole rings is 1. The van der Waals surface area contributed by atoms with Crippen molar-refractivity contribution in [1.29, 1.82) is 0 Å². The molecule has 168 valence electrons. The number of urea groups is 1. The highest BCUT2D eigenvalue weighted by Crippen LogP contribution is 2.28. The van der Waals surface area contributed by atoms with Crippen LogP contribution < -0.4 is 5.32 Å². The molecule has 0 spiro atoms. The smallest absolute Gasteiger partial charge is 0.325 e. The number of nitrogens with zero attached hydrogens (tertiary/aromatic N) is 8. The van der Waals surface area contributed by atoms with Gasteiger partial charge < -0.3 is 14.7 Å². The van der Waals surface area contributed by atoms with Gasteiger partial charge in [-0.1, -0.05) is 30.0 Å². The number of rotatable bonds is 5. The molecule has 4 heterocycles. The van der Waals surface area contributed by atoms with Crippen molar-refractivity contribution < 1.29 is 9.59 Å². The second kappa shape index (κ2) is 8.77. The van der Waals surface area contributed by atoms with Crippen LogP contribution in [0, 0.1) is 0 Å². The molecular formula is C20H25N9O2S. The number of likely N-dealkylation sites (N-methyl/N-ethyl adjacent to an activating group) is 1. The second-order valence-electron chi connectivity index (χ2n) is 7.99. The van der Waals surface area contributed by atoms with Crippen molar-refractivity contribution in [3.8, 4) is 5.69 Å². The molecule has 0 radical (unpaired) electrons. The highest BCUT2D eigenvalue weighted by molar-refractivity contribution is 7.99. The fraction of sp³-hybridized carbons (Fsp3) is 0.500. The summed E-state index contributed by atoms with van der Waals surface area (Å²) in [6.45, 7) is 2.40. The number of hydrogen-bond donors (Lipinski definition) is 1. The number of hydrogen-bond acceptors (Lipinski definition) is 9. The maximum absolute atomic E-state index is 12.8. The maximum atomic E-state index is 12.8. The Balaban J connectivity index is 1.33. The Morgan fingerprint density at radius 2 is 1.91 bits per heavy atom. The molecule has 1 aromatic carbocycles. The van der Waals surface area contributed by atoms with Crippen molar-refractivity contribution in [1.82, 2.24) is 40.2 Å². The highest BCUT2D eigenvalue weighted by atomic mass is 32.2. The van der Waals surface area contributed by atoms with Gasteiger partial charge in [0.25, 0.3) is 5.91 Å². The van der Waals surface area contributed by atoms with E-state index in [0.29, 0.717) is 17.5 Å². The molecule has 12 heteroatoms. The molecule has 2 atom stereocenters. The van der Waals surface area contributed by atoms with Gasteiger partial charge in [0.05, 0.1) is 5.69 Å². The third kappa shape index (κ3) is 3.78. The molecule has 1 N–H and O–H groups in total. The normalized spacial score (nSPS) is 23.3. The van der Waals surface area contributed by atoms with Crippen molar-refractivity contribution in [3.05, 3.63) is 30.3 Å². The molecule has 2 saturated heterocycles. The molecule has 3 aliphatic heterocycles. The first-order chi connectivity index (χ1) is 15.6. The Morgan fingerprint density at radius 1 is 1.12 bits per heavy atom. The molecule has 2 unspecified atom stereocenters. The van der Waals surface area contributed by atoms with Gasteiger partial charge in [0, 0.05) is 32.4 Å². The number of carbonyl (C=O) groups excluding carboxylic acids is 2. The quantitative estimate of drug-likeness (QED) is 0.659. The number of nitrogens with one attached hydrogen (secondary N) is 1. The Labute approximate surface area is 189 Å². The zero-order valence-corrected chi connectivity index (χ0v) is 18.6. The summed E-state index contributed by atoms with van der Waals surface area (Å²) < 4.78 is 1.71. The van der Waals surface area contributed by atoms with E-state index in [9.17, 15) is 9.59 Å². The van der Waals surface area contributed by atoms with Crippen LogP contribution in [0.1, 0.15) is 19.3 Å². The number of fused-ring (bicyclic) bond motifs is 1. The van der Waals surface area contributed by atoms with Crippen molar-refractivity contribution in [2.24, 2.45) is 4.99 Å². The lowest BCUT2D eigenvalue weighted by atomic mass is 10.1. The second-order valence-corrected chi connectivity index (χ2v) is 9.05. The zero-order chi connectivity index (χ0) is 22.1. The van der Waals surface area contributed by atoms with Gasteiger partial charge >= 0.3 is 6.03 Å². The topological polar surface area (TPSA) is 112 Å². The molecule has 5 rings (SSSR count). The van der Waals surface area contributed by atoms with E-state index in [-0.39, 0.29) is 5.91 Å². The van der Waals surface area contributed by atoms with Gasteiger partial charge in [0.1, 0.15) is 0 Å². The highest BCUT2D eigenvalue weighted by Gasteiger charge is 2.49. The minimum Gasteiger partial charge on any atom is -0.343 e. The molecule has 0 aliphatic carbocycles. The van der Waals surface area contributed by atoms with Gasteiger partial charge in [-0.2, -0.15) is 4.68 Å². The van der Waals surface area contributed by atoms with E-state index < -0.39 is 18.2 Å². The van der Waals surface area contributed by atoms with Gasteiger partial charge in [-0.05, 0) is 41.8 Å². The molecule has 1 aromatic heterocycles. The van der Waals surface area contributed by atoms with Crippen LogP contribution >= 0.6 is 11.8 Å². The summed E-state index contributed by atoms with van der Waals surface area (Å²) in [5.74, 6) is 1.17. The van der Waals surface area contributed by atoms with Crippen molar-refractivity contribution >= 4 is 29.7 Å². The summed E-state index contributed by atoms with van der Waals surface area (Å²) in [6.07, 6.45) is 2.90. The lowest BCUT2D eigenvalue weighted by molar-refractivity contribution is -0.127. The largest absolute Gasteiger partial charge is 0.343 e. The van der Waals surface area contributed by atoms with Crippen LogP contribution in [-0.2, 0) is 4.79 Å². The van der Waals surface area contributed by atoms with Gasteiger partial charge in [-0.25, -0.2) is 9.79 Å². The van der Waals surface area contributed by atoms with Gasteiger partial charge in [0.2, 0.25) is 5.16 Å². The molecule has 3 amide bonds. The first-order valence-corrected chi connectivity index (χ1v) is 11.8. The Hall–Kier alpha value is -3.15. The van der Waals surface area contributed by atoms with Crippen molar-refractivity contribution in [3.63, 3.8) is 0 Å². The predicted molar refractivity (Wildman–Crippen MR) is 118 cm³/mol. The number of imide groups is 1. The number of guanidine groups is 1. The lowest BCUT2D eigenvalue weighted by Gasteiger charge is -2.38. The van der Waals surface area contributed by atoms with E-state index in [0.717, 1.165) is 37.6 Å². The standard InChI is InChI=1S/C20H25N9O2S/c1-26-16-15(17(30)22-19(26)31)28(18(21-16)27-10-6-3-7-11-27)12-13-32-20-23-24-25-29(20)14-8-4-2-5-9-14/h2,4-5,8-9,15-16H,3,6-7,10-13H2,1H3,(H,22,30,31). The van der Waals surface area contributed by atoms with E-state index >= 15 is 0 Å². The first kappa shape index (κ1) is 20.7. The fourth-order valence-electron chi connectivity index (χ4n) is 4.34. The van der Waals surface area contributed by atoms with Crippen molar-refractivity contribution in [2.45, 2.75) is 36.6 Å². The van der Waals surface area contributed by atoms with Crippen LogP contribution in [0.3, 0.4) is 0 Å². The molecular weight excluding hydrogens is 430 g/mol. The monoisotopic (exact) mass is 455 g/mol. The summed E-state index contributed by atoms with van der Waals surface area (Å²) in [5.41, 5.74) is 0.892. The van der Waals surface area contributed by atoms with Crippen LogP contribution in [0.25, 0.3) is 5.69 Å². The average molecular weight is 456 g/mol. The van der Waals surface area contributed by atoms with Gasteiger partial charge in [-0.3, -0.25) is 10.1 Å². The number of carbonyl (C=O) groups is 2. The minimum absolute atomic E-state index is 0.298. The number of para-hydroxylation sites is 1. The molecule has 0 bridgehead atoms. The summed E-state index contributed by atoms with van der Waals surface area (Å²) in [7, 11) is 1.68. The van der Waals surface area contributed by atoms with Crippen LogP contribution in [0.5, 0.6) is 0 Å². The number of likely N-dealkylation sites (tertiary alicyclic amines) is 1. The van der Waals surface area contributed by atoms with E-state index in [4.69, 9.17) is 4.99 Å². The Bertz CT molecular complexity index is 1020. The number of aromatic nitrogens is 4. The van der Waals surface area contributed by atoms with E-state index in [1.165, 1.54) is 23.1 Å². The van der Waals surface area contributed by atoms with E-state index in [1.54, 1.807) is 11.7 Å². The molecule has 3 aliphatic rings. The minimum atomic E-state index is -0.527.